The molecule has 0 aliphatic heterocycles. The summed E-state index contributed by atoms with van der Waals surface area (Å²) in [6.07, 6.45) is 6.29. The largest absolute Gasteiger partial charge is 0.468 e. The van der Waals surface area contributed by atoms with Gasteiger partial charge < -0.3 is 15.5 Å². The summed E-state index contributed by atoms with van der Waals surface area (Å²) in [5, 5.41) is 2.88. The van der Waals surface area contributed by atoms with Gasteiger partial charge in [0.25, 0.3) is 0 Å². The normalized spacial score (nSPS) is 14.8. The molecular formula is C19H23N3O3. The summed E-state index contributed by atoms with van der Waals surface area (Å²) in [7, 11) is 0. The number of furan rings is 1. The van der Waals surface area contributed by atoms with E-state index >= 15 is 0 Å². The number of hydrogen-bond acceptors (Lipinski definition) is 4. The van der Waals surface area contributed by atoms with Gasteiger partial charge >= 0.3 is 0 Å². The van der Waals surface area contributed by atoms with Gasteiger partial charge in [-0.1, -0.05) is 12.8 Å². The summed E-state index contributed by atoms with van der Waals surface area (Å²) in [4.78, 5) is 25.7. The Morgan fingerprint density at radius 1 is 1.16 bits per heavy atom. The Labute approximate surface area is 147 Å². The Morgan fingerprint density at radius 3 is 2.48 bits per heavy atom. The van der Waals surface area contributed by atoms with Crippen molar-refractivity contribution in [2.75, 3.05) is 11.9 Å². The minimum absolute atomic E-state index is 0.0784. The maximum absolute atomic E-state index is 12.5. The fourth-order valence-corrected chi connectivity index (χ4v) is 3.29. The van der Waals surface area contributed by atoms with Gasteiger partial charge in [0.15, 0.2) is 0 Å². The first-order chi connectivity index (χ1) is 12.1. The van der Waals surface area contributed by atoms with Crippen molar-refractivity contribution in [3.8, 4) is 0 Å². The van der Waals surface area contributed by atoms with Gasteiger partial charge in [-0.05, 0) is 49.2 Å². The van der Waals surface area contributed by atoms with Crippen LogP contribution in [0, 0.1) is 0 Å². The molecule has 1 fully saturated rings. The molecule has 1 aromatic heterocycles. The Morgan fingerprint density at radius 2 is 1.88 bits per heavy atom. The highest BCUT2D eigenvalue weighted by molar-refractivity contribution is 5.95. The summed E-state index contributed by atoms with van der Waals surface area (Å²) in [6.45, 7) is 0.939. The van der Waals surface area contributed by atoms with Crippen LogP contribution in [0.1, 0.15) is 41.8 Å². The third-order valence-corrected chi connectivity index (χ3v) is 4.58. The summed E-state index contributed by atoms with van der Waals surface area (Å²) in [6, 6.07) is 10.8. The van der Waals surface area contributed by atoms with Gasteiger partial charge in [-0.3, -0.25) is 14.5 Å². The van der Waals surface area contributed by atoms with E-state index in [4.69, 9.17) is 10.2 Å². The number of benzene rings is 1. The molecule has 3 N–H and O–H groups in total. The Hall–Kier alpha value is -2.60. The standard InChI is InChI=1S/C19H23N3O3/c20-19(24)14-7-9-15(10-8-14)21-18(23)13-22(16-4-1-2-5-16)12-17-6-3-11-25-17/h3,6-11,16H,1-2,4-5,12-13H2,(H2,20,24)(H,21,23). The predicted octanol–water partition coefficient (Wildman–Crippen LogP) is 2.76. The molecule has 2 amide bonds. The van der Waals surface area contributed by atoms with Crippen molar-refractivity contribution in [3.63, 3.8) is 0 Å². The van der Waals surface area contributed by atoms with Crippen LogP contribution in [0.25, 0.3) is 0 Å². The first-order valence-corrected chi connectivity index (χ1v) is 8.58. The number of carbonyl (C=O) groups excluding carboxylic acids is 2. The van der Waals surface area contributed by atoms with E-state index < -0.39 is 5.91 Å². The fourth-order valence-electron chi connectivity index (χ4n) is 3.29. The second-order valence-corrected chi connectivity index (χ2v) is 6.41. The number of rotatable bonds is 7. The first-order valence-electron chi connectivity index (χ1n) is 8.58. The fraction of sp³-hybridized carbons (Fsp3) is 0.368. The van der Waals surface area contributed by atoms with Crippen molar-refractivity contribution < 1.29 is 14.0 Å². The molecule has 2 aromatic rings. The van der Waals surface area contributed by atoms with Crippen molar-refractivity contribution >= 4 is 17.5 Å². The van der Waals surface area contributed by atoms with Crippen molar-refractivity contribution in [2.45, 2.75) is 38.3 Å². The number of nitrogens with one attached hydrogen (secondary N) is 1. The molecular weight excluding hydrogens is 318 g/mol. The van der Waals surface area contributed by atoms with Gasteiger partial charge in [0, 0.05) is 17.3 Å². The number of primary amides is 1. The third kappa shape index (κ3) is 4.70. The van der Waals surface area contributed by atoms with Crippen LogP contribution in [0.4, 0.5) is 5.69 Å². The van der Waals surface area contributed by atoms with Gasteiger partial charge in [0.1, 0.15) is 5.76 Å². The van der Waals surface area contributed by atoms with E-state index in [-0.39, 0.29) is 5.91 Å². The van der Waals surface area contributed by atoms with Gasteiger partial charge in [0.05, 0.1) is 19.4 Å². The maximum atomic E-state index is 12.5. The van der Waals surface area contributed by atoms with E-state index in [0.717, 1.165) is 18.6 Å². The van der Waals surface area contributed by atoms with Crippen LogP contribution in [0.2, 0.25) is 0 Å². The van der Waals surface area contributed by atoms with E-state index in [9.17, 15) is 9.59 Å². The highest BCUT2D eigenvalue weighted by Gasteiger charge is 2.25. The zero-order valence-corrected chi connectivity index (χ0v) is 14.1. The molecule has 1 aromatic carbocycles. The highest BCUT2D eigenvalue weighted by atomic mass is 16.3. The van der Waals surface area contributed by atoms with Crippen LogP contribution >= 0.6 is 0 Å². The zero-order valence-electron chi connectivity index (χ0n) is 14.1. The smallest absolute Gasteiger partial charge is 0.248 e. The van der Waals surface area contributed by atoms with Crippen LogP contribution in [0.3, 0.4) is 0 Å². The molecule has 6 heteroatoms. The van der Waals surface area contributed by atoms with E-state index in [0.29, 0.717) is 30.4 Å². The quantitative estimate of drug-likeness (QED) is 0.810. The number of hydrogen-bond donors (Lipinski definition) is 2. The van der Waals surface area contributed by atoms with Crippen LogP contribution < -0.4 is 11.1 Å². The average molecular weight is 341 g/mol. The lowest BCUT2D eigenvalue weighted by molar-refractivity contribution is -0.118. The minimum atomic E-state index is -0.483. The van der Waals surface area contributed by atoms with Crippen LogP contribution in [-0.2, 0) is 11.3 Å². The molecule has 0 radical (unpaired) electrons. The maximum Gasteiger partial charge on any atom is 0.248 e. The molecule has 6 nitrogen and oxygen atoms in total. The van der Waals surface area contributed by atoms with Gasteiger partial charge in [-0.2, -0.15) is 0 Å². The van der Waals surface area contributed by atoms with Crippen molar-refractivity contribution in [3.05, 3.63) is 54.0 Å². The van der Waals surface area contributed by atoms with Crippen LogP contribution in [0.15, 0.2) is 47.1 Å². The molecule has 25 heavy (non-hydrogen) atoms. The lowest BCUT2D eigenvalue weighted by Gasteiger charge is -2.27. The number of nitrogens with zero attached hydrogens (tertiary/aromatic N) is 1. The van der Waals surface area contributed by atoms with E-state index in [2.05, 4.69) is 10.2 Å². The predicted molar refractivity (Wildman–Crippen MR) is 95.0 cm³/mol. The molecule has 1 saturated carbocycles. The van der Waals surface area contributed by atoms with Crippen molar-refractivity contribution in [1.29, 1.82) is 0 Å². The Balaban J connectivity index is 1.61. The summed E-state index contributed by atoms with van der Waals surface area (Å²) in [5.74, 6) is 0.305. The van der Waals surface area contributed by atoms with E-state index in [1.54, 1.807) is 30.5 Å². The second kappa shape index (κ2) is 7.98. The highest BCUT2D eigenvalue weighted by Crippen LogP contribution is 2.25. The summed E-state index contributed by atoms with van der Waals surface area (Å²) >= 11 is 0. The molecule has 1 aliphatic rings. The molecule has 0 bridgehead atoms. The summed E-state index contributed by atoms with van der Waals surface area (Å²) in [5.41, 5.74) is 6.30. The number of carbonyl (C=O) groups is 2. The second-order valence-electron chi connectivity index (χ2n) is 6.41. The number of nitrogens with two attached hydrogens (primary N) is 1. The Kier molecular flexibility index (Phi) is 5.50. The SMILES string of the molecule is NC(=O)c1ccc(NC(=O)CN(Cc2ccco2)C2CCCC2)cc1. The third-order valence-electron chi connectivity index (χ3n) is 4.58. The van der Waals surface area contributed by atoms with Crippen LogP contribution in [-0.4, -0.2) is 29.3 Å². The van der Waals surface area contributed by atoms with Crippen molar-refractivity contribution in [2.24, 2.45) is 5.73 Å². The molecule has 0 unspecified atom stereocenters. The van der Waals surface area contributed by atoms with Gasteiger partial charge in [0.2, 0.25) is 11.8 Å². The molecule has 0 atom stereocenters. The van der Waals surface area contributed by atoms with Gasteiger partial charge in [-0.15, -0.1) is 0 Å². The number of anilines is 1. The number of amides is 2. The van der Waals surface area contributed by atoms with Crippen molar-refractivity contribution in [1.82, 2.24) is 4.90 Å². The first kappa shape index (κ1) is 17.2. The monoisotopic (exact) mass is 341 g/mol. The topological polar surface area (TPSA) is 88.6 Å². The zero-order chi connectivity index (χ0) is 17.6. The minimum Gasteiger partial charge on any atom is -0.468 e. The molecule has 1 heterocycles. The molecule has 0 spiro atoms. The molecule has 1 aliphatic carbocycles. The molecule has 0 saturated heterocycles. The summed E-state index contributed by atoms with van der Waals surface area (Å²) < 4.78 is 5.44. The van der Waals surface area contributed by atoms with E-state index in [1.807, 2.05) is 12.1 Å². The molecule has 3 rings (SSSR count). The lowest BCUT2D eigenvalue weighted by atomic mass is 10.2. The van der Waals surface area contributed by atoms with E-state index in [1.165, 1.54) is 12.8 Å². The van der Waals surface area contributed by atoms with Crippen LogP contribution in [0.5, 0.6) is 0 Å². The molecule has 132 valence electrons. The Bertz CT molecular complexity index is 704. The lowest BCUT2D eigenvalue weighted by Crippen LogP contribution is -2.39. The average Bonchev–Trinajstić information content (AvgIpc) is 3.28. The van der Waals surface area contributed by atoms with Gasteiger partial charge in [-0.25, -0.2) is 0 Å².